The topological polar surface area (TPSA) is 55.5 Å². The molecule has 19 heavy (non-hydrogen) atoms. The molecule has 1 rings (SSSR count). The molecule has 0 heterocycles. The van der Waals surface area contributed by atoms with E-state index in [0.29, 0.717) is 12.3 Å². The van der Waals surface area contributed by atoms with E-state index in [0.717, 1.165) is 11.3 Å². The molecule has 0 aliphatic rings. The molecule has 0 aliphatic carbocycles. The van der Waals surface area contributed by atoms with Gasteiger partial charge < -0.3 is 15.6 Å². The number of hydrogen-bond acceptors (Lipinski definition) is 3. The highest BCUT2D eigenvalue weighted by Gasteiger charge is 2.22. The van der Waals surface area contributed by atoms with Crippen LogP contribution < -0.4 is 10.5 Å². The van der Waals surface area contributed by atoms with Crippen LogP contribution in [0.2, 0.25) is 0 Å². The van der Waals surface area contributed by atoms with E-state index in [1.54, 1.807) is 6.92 Å². The first-order valence-corrected chi connectivity index (χ1v) is 6.95. The maximum atomic E-state index is 9.98. The summed E-state index contributed by atoms with van der Waals surface area (Å²) in [5.74, 6) is 1.37. The molecule has 2 unspecified atom stereocenters. The molecule has 2 atom stereocenters. The Morgan fingerprint density at radius 1 is 1.32 bits per heavy atom. The lowest BCUT2D eigenvalue weighted by Crippen LogP contribution is -2.38. The second-order valence-corrected chi connectivity index (χ2v) is 6.01. The molecule has 0 saturated carbocycles. The molecule has 0 aromatic heterocycles. The van der Waals surface area contributed by atoms with Gasteiger partial charge in [0.15, 0.2) is 0 Å². The second kappa shape index (κ2) is 6.40. The van der Waals surface area contributed by atoms with Crippen molar-refractivity contribution in [1.82, 2.24) is 0 Å². The standard InChI is InChI=1S/C16H27NO2/c1-11(2)14-7-6-12(3)15(8-14)19-13(4)9-16(5,18)10-17/h6-8,11,13,18H,9-10,17H2,1-5H3. The van der Waals surface area contributed by atoms with E-state index in [-0.39, 0.29) is 12.6 Å². The van der Waals surface area contributed by atoms with Crippen LogP contribution in [0.25, 0.3) is 0 Å². The Bertz CT molecular complexity index is 413. The van der Waals surface area contributed by atoms with Gasteiger partial charge in [0.25, 0.3) is 0 Å². The summed E-state index contributed by atoms with van der Waals surface area (Å²) in [6.45, 7) is 10.3. The molecule has 0 spiro atoms. The van der Waals surface area contributed by atoms with Gasteiger partial charge in [-0.05, 0) is 43.9 Å². The van der Waals surface area contributed by atoms with Crippen LogP contribution in [0.3, 0.4) is 0 Å². The van der Waals surface area contributed by atoms with Gasteiger partial charge in [0.1, 0.15) is 5.75 Å². The molecule has 1 aromatic rings. The minimum absolute atomic E-state index is 0.0698. The largest absolute Gasteiger partial charge is 0.490 e. The Labute approximate surface area is 116 Å². The van der Waals surface area contributed by atoms with Crippen LogP contribution in [-0.2, 0) is 0 Å². The average Bonchev–Trinajstić information content (AvgIpc) is 2.31. The molecule has 0 radical (unpaired) electrons. The minimum atomic E-state index is -0.872. The molecule has 0 amide bonds. The fourth-order valence-electron chi connectivity index (χ4n) is 2.06. The van der Waals surface area contributed by atoms with Crippen LogP contribution in [0.15, 0.2) is 18.2 Å². The molecule has 0 aliphatic heterocycles. The van der Waals surface area contributed by atoms with E-state index in [9.17, 15) is 5.11 Å². The lowest BCUT2D eigenvalue weighted by atomic mass is 9.99. The SMILES string of the molecule is Cc1ccc(C(C)C)cc1OC(C)CC(C)(O)CN. The summed E-state index contributed by atoms with van der Waals surface area (Å²) in [6.07, 6.45) is 0.453. The zero-order valence-electron chi connectivity index (χ0n) is 12.7. The van der Waals surface area contributed by atoms with Gasteiger partial charge in [0.05, 0.1) is 11.7 Å². The molecule has 3 N–H and O–H groups in total. The first-order chi connectivity index (χ1) is 8.75. The minimum Gasteiger partial charge on any atom is -0.490 e. The van der Waals surface area contributed by atoms with Crippen LogP contribution in [-0.4, -0.2) is 23.4 Å². The average molecular weight is 265 g/mol. The van der Waals surface area contributed by atoms with Crippen molar-refractivity contribution >= 4 is 0 Å². The smallest absolute Gasteiger partial charge is 0.122 e. The number of rotatable bonds is 6. The molecule has 3 heteroatoms. The lowest BCUT2D eigenvalue weighted by Gasteiger charge is -2.26. The monoisotopic (exact) mass is 265 g/mol. The highest BCUT2D eigenvalue weighted by molar-refractivity contribution is 5.37. The summed E-state index contributed by atoms with van der Waals surface area (Å²) in [5, 5.41) is 9.98. The van der Waals surface area contributed by atoms with Crippen molar-refractivity contribution in [2.24, 2.45) is 5.73 Å². The Morgan fingerprint density at radius 3 is 2.47 bits per heavy atom. The third-order valence-corrected chi connectivity index (χ3v) is 3.37. The Kier molecular flexibility index (Phi) is 5.39. The van der Waals surface area contributed by atoms with E-state index < -0.39 is 5.60 Å². The summed E-state index contributed by atoms with van der Waals surface area (Å²) in [5.41, 5.74) is 7.04. The molecule has 0 fully saturated rings. The van der Waals surface area contributed by atoms with Crippen molar-refractivity contribution < 1.29 is 9.84 Å². The second-order valence-electron chi connectivity index (χ2n) is 6.01. The summed E-state index contributed by atoms with van der Waals surface area (Å²) in [4.78, 5) is 0. The molecular weight excluding hydrogens is 238 g/mol. The van der Waals surface area contributed by atoms with Gasteiger partial charge in [0.2, 0.25) is 0 Å². The van der Waals surface area contributed by atoms with Crippen LogP contribution in [0.5, 0.6) is 5.75 Å². The summed E-state index contributed by atoms with van der Waals surface area (Å²) in [6, 6.07) is 6.31. The number of aliphatic hydroxyl groups is 1. The first kappa shape index (κ1) is 16.0. The predicted molar refractivity (Wildman–Crippen MR) is 79.7 cm³/mol. The van der Waals surface area contributed by atoms with E-state index in [1.807, 2.05) is 13.8 Å². The number of nitrogens with two attached hydrogens (primary N) is 1. The van der Waals surface area contributed by atoms with E-state index in [2.05, 4.69) is 32.0 Å². The van der Waals surface area contributed by atoms with Crippen LogP contribution in [0, 0.1) is 6.92 Å². The van der Waals surface area contributed by atoms with Gasteiger partial charge in [0, 0.05) is 13.0 Å². The van der Waals surface area contributed by atoms with Crippen molar-refractivity contribution in [2.45, 2.75) is 58.7 Å². The van der Waals surface area contributed by atoms with Gasteiger partial charge in [-0.15, -0.1) is 0 Å². The number of ether oxygens (including phenoxy) is 1. The highest BCUT2D eigenvalue weighted by Crippen LogP contribution is 2.26. The van der Waals surface area contributed by atoms with Crippen molar-refractivity contribution in [2.75, 3.05) is 6.54 Å². The quantitative estimate of drug-likeness (QED) is 0.831. The maximum Gasteiger partial charge on any atom is 0.122 e. The summed E-state index contributed by atoms with van der Waals surface area (Å²) in [7, 11) is 0. The van der Waals surface area contributed by atoms with Crippen molar-refractivity contribution in [3.63, 3.8) is 0 Å². The molecule has 0 saturated heterocycles. The maximum absolute atomic E-state index is 9.98. The lowest BCUT2D eigenvalue weighted by molar-refractivity contribution is 0.0235. The van der Waals surface area contributed by atoms with Crippen molar-refractivity contribution in [3.05, 3.63) is 29.3 Å². The number of aryl methyl sites for hydroxylation is 1. The molecule has 0 bridgehead atoms. The molecule has 108 valence electrons. The van der Waals surface area contributed by atoms with Gasteiger partial charge in [-0.2, -0.15) is 0 Å². The van der Waals surface area contributed by atoms with Crippen LogP contribution >= 0.6 is 0 Å². The zero-order chi connectivity index (χ0) is 14.6. The van der Waals surface area contributed by atoms with Gasteiger partial charge in [-0.25, -0.2) is 0 Å². The Morgan fingerprint density at radius 2 is 1.95 bits per heavy atom. The predicted octanol–water partition coefficient (Wildman–Crippen LogP) is 2.99. The Hall–Kier alpha value is -1.06. The Balaban J connectivity index is 2.78. The number of hydrogen-bond donors (Lipinski definition) is 2. The molecular formula is C16H27NO2. The van der Waals surface area contributed by atoms with Gasteiger partial charge >= 0.3 is 0 Å². The fraction of sp³-hybridized carbons (Fsp3) is 0.625. The van der Waals surface area contributed by atoms with E-state index in [1.165, 1.54) is 5.56 Å². The first-order valence-electron chi connectivity index (χ1n) is 6.95. The van der Waals surface area contributed by atoms with Crippen LogP contribution in [0.4, 0.5) is 0 Å². The summed E-state index contributed by atoms with van der Waals surface area (Å²) < 4.78 is 5.96. The fourth-order valence-corrected chi connectivity index (χ4v) is 2.06. The van der Waals surface area contributed by atoms with Crippen molar-refractivity contribution in [1.29, 1.82) is 0 Å². The van der Waals surface area contributed by atoms with Gasteiger partial charge in [-0.3, -0.25) is 0 Å². The summed E-state index contributed by atoms with van der Waals surface area (Å²) >= 11 is 0. The normalized spacial score (nSPS) is 16.2. The van der Waals surface area contributed by atoms with Crippen LogP contribution in [0.1, 0.15) is 51.2 Å². The number of benzene rings is 1. The van der Waals surface area contributed by atoms with Gasteiger partial charge in [-0.1, -0.05) is 26.0 Å². The third kappa shape index (κ3) is 4.84. The zero-order valence-corrected chi connectivity index (χ0v) is 12.7. The molecule has 3 nitrogen and oxygen atoms in total. The van der Waals surface area contributed by atoms with Crippen molar-refractivity contribution in [3.8, 4) is 5.75 Å². The molecule has 1 aromatic carbocycles. The highest BCUT2D eigenvalue weighted by atomic mass is 16.5. The van der Waals surface area contributed by atoms with E-state index >= 15 is 0 Å². The van der Waals surface area contributed by atoms with E-state index in [4.69, 9.17) is 10.5 Å². The third-order valence-electron chi connectivity index (χ3n) is 3.37.